The van der Waals surface area contributed by atoms with E-state index in [9.17, 15) is 0 Å². The summed E-state index contributed by atoms with van der Waals surface area (Å²) in [5.74, 6) is -1.08. The van der Waals surface area contributed by atoms with E-state index in [0.717, 1.165) is 28.5 Å². The van der Waals surface area contributed by atoms with Crippen LogP contribution in [0, 0.1) is 0 Å². The van der Waals surface area contributed by atoms with Gasteiger partial charge < -0.3 is 14.4 Å². The van der Waals surface area contributed by atoms with Crippen LogP contribution in [0.3, 0.4) is 0 Å². The first-order valence-electron chi connectivity index (χ1n) is 10.6. The largest absolute Gasteiger partial charge is 0.550 e. The van der Waals surface area contributed by atoms with Crippen LogP contribution < -0.4 is 5.11 Å². The molecular weight excluding hydrogens is 393 g/mol. The monoisotopic (exact) mass is 431 g/mol. The maximum absolute atomic E-state index is 8.89. The Bertz CT molecular complexity index is 531. The number of carboxylic acid groups (broad SMARTS) is 1. The maximum atomic E-state index is 8.89. The summed E-state index contributed by atoms with van der Waals surface area (Å²) in [7, 11) is 4.41. The van der Waals surface area contributed by atoms with E-state index in [0.29, 0.717) is 0 Å². The molecule has 0 amide bonds. The van der Waals surface area contributed by atoms with Crippen molar-refractivity contribution in [3.63, 3.8) is 0 Å². The molecule has 0 spiro atoms. The molecule has 1 aromatic carbocycles. The molecule has 5 heteroatoms. The molecule has 28 heavy (non-hydrogen) atoms. The predicted molar refractivity (Wildman–Crippen MR) is 120 cm³/mol. The Kier molecular flexibility index (Phi) is 15.6. The molecule has 0 heterocycles. The van der Waals surface area contributed by atoms with Gasteiger partial charge in [0, 0.05) is 11.5 Å². The van der Waals surface area contributed by atoms with Crippen molar-refractivity contribution in [2.24, 2.45) is 0 Å². The van der Waals surface area contributed by atoms with Crippen LogP contribution in [0.5, 0.6) is 0 Å². The molecule has 0 saturated heterocycles. The lowest BCUT2D eigenvalue weighted by molar-refractivity contribution is -0.907. The summed E-state index contributed by atoms with van der Waals surface area (Å²) in [6.45, 7) is 4.34. The average Bonchev–Trinajstić information content (AvgIpc) is 2.62. The number of hydrogen-bond donors (Lipinski definition) is 0. The van der Waals surface area contributed by atoms with E-state index < -0.39 is 5.97 Å². The number of quaternary nitrogens is 1. The number of halogens is 2. The van der Waals surface area contributed by atoms with E-state index in [2.05, 4.69) is 21.0 Å². The fourth-order valence-corrected chi connectivity index (χ4v) is 3.75. The Morgan fingerprint density at radius 3 is 1.86 bits per heavy atom. The van der Waals surface area contributed by atoms with Crippen molar-refractivity contribution in [3.05, 3.63) is 34.9 Å². The van der Waals surface area contributed by atoms with Gasteiger partial charge in [0.25, 0.3) is 0 Å². The summed E-state index contributed by atoms with van der Waals surface area (Å²) in [5.41, 5.74) is 0.954. The van der Waals surface area contributed by atoms with Gasteiger partial charge in [-0.3, -0.25) is 0 Å². The van der Waals surface area contributed by atoms with Crippen LogP contribution in [0.4, 0.5) is 0 Å². The molecule has 0 fully saturated rings. The highest BCUT2D eigenvalue weighted by Gasteiger charge is 2.28. The average molecular weight is 432 g/mol. The molecule has 1 atom stereocenters. The molecule has 0 radical (unpaired) electrons. The standard InChI is InChI=1S/C21H36Cl2N.C2H4O2/c1-4-5-6-7-8-9-10-11-12-15-18-24(2,3)21(23)19-16-13-14-17-20(19)22;1-2(3)4/h13-14,16-17,21H,4-12,15,18H2,1-3H3;1H3,(H,3,4)/q+1;/p-1. The second kappa shape index (κ2) is 16.1. The highest BCUT2D eigenvalue weighted by molar-refractivity contribution is 6.32. The van der Waals surface area contributed by atoms with Crippen LogP contribution >= 0.6 is 23.2 Å². The minimum absolute atomic E-state index is 0.0859. The first-order valence-corrected chi connectivity index (χ1v) is 11.4. The normalized spacial score (nSPS) is 12.2. The number of carboxylic acids is 1. The van der Waals surface area contributed by atoms with E-state index >= 15 is 0 Å². The van der Waals surface area contributed by atoms with Gasteiger partial charge in [-0.1, -0.05) is 99.7 Å². The van der Waals surface area contributed by atoms with Gasteiger partial charge >= 0.3 is 0 Å². The molecule has 162 valence electrons. The summed E-state index contributed by atoms with van der Waals surface area (Å²) in [4.78, 5) is 8.89. The van der Waals surface area contributed by atoms with Gasteiger partial charge in [-0.15, -0.1) is 0 Å². The van der Waals surface area contributed by atoms with Gasteiger partial charge in [-0.25, -0.2) is 0 Å². The number of nitrogens with zero attached hydrogens (tertiary/aromatic N) is 1. The molecule has 0 bridgehead atoms. The number of hydrogen-bond acceptors (Lipinski definition) is 2. The van der Waals surface area contributed by atoms with Crippen molar-refractivity contribution in [2.75, 3.05) is 20.6 Å². The number of carbonyl (C=O) groups is 1. The lowest BCUT2D eigenvalue weighted by atomic mass is 10.1. The Labute approximate surface area is 182 Å². The van der Waals surface area contributed by atoms with Gasteiger partial charge in [-0.05, 0) is 25.8 Å². The fraction of sp³-hybridized carbons (Fsp3) is 0.696. The first kappa shape index (κ1) is 27.2. The molecule has 0 aromatic heterocycles. The highest BCUT2D eigenvalue weighted by atomic mass is 35.5. The van der Waals surface area contributed by atoms with Crippen LogP contribution in [0.2, 0.25) is 5.02 Å². The van der Waals surface area contributed by atoms with E-state index in [1.807, 2.05) is 24.3 Å². The summed E-state index contributed by atoms with van der Waals surface area (Å²) < 4.78 is 0.780. The Balaban J connectivity index is 0.00000165. The molecule has 1 rings (SSSR count). The molecule has 0 N–H and O–H groups in total. The van der Waals surface area contributed by atoms with Gasteiger partial charge in [0.2, 0.25) is 0 Å². The molecular formula is C23H39Cl2NO2. The lowest BCUT2D eigenvalue weighted by Gasteiger charge is -2.35. The predicted octanol–water partition coefficient (Wildman–Crippen LogP) is 6.33. The summed E-state index contributed by atoms with van der Waals surface area (Å²) in [6, 6.07) is 7.93. The number of alkyl halides is 1. The van der Waals surface area contributed by atoms with Crippen molar-refractivity contribution < 1.29 is 14.4 Å². The summed E-state index contributed by atoms with van der Waals surface area (Å²) in [5, 5.41) is 9.66. The van der Waals surface area contributed by atoms with Crippen LogP contribution in [-0.2, 0) is 4.79 Å². The third kappa shape index (κ3) is 13.4. The van der Waals surface area contributed by atoms with Crippen molar-refractivity contribution in [2.45, 2.75) is 83.6 Å². The van der Waals surface area contributed by atoms with Crippen molar-refractivity contribution in [1.29, 1.82) is 0 Å². The molecule has 0 aliphatic rings. The molecule has 1 unspecified atom stereocenters. The van der Waals surface area contributed by atoms with Crippen molar-refractivity contribution in [1.82, 2.24) is 0 Å². The van der Waals surface area contributed by atoms with Gasteiger partial charge in [0.1, 0.15) is 0 Å². The lowest BCUT2D eigenvalue weighted by Crippen LogP contribution is -2.41. The molecule has 1 aromatic rings. The first-order chi connectivity index (χ1) is 13.2. The topological polar surface area (TPSA) is 40.1 Å². The number of unbranched alkanes of at least 4 members (excludes halogenated alkanes) is 9. The minimum atomic E-state index is -1.08. The molecule has 0 saturated carbocycles. The highest BCUT2D eigenvalue weighted by Crippen LogP contribution is 2.34. The Morgan fingerprint density at radius 2 is 1.39 bits per heavy atom. The number of carbonyl (C=O) groups excluding carboxylic acids is 1. The van der Waals surface area contributed by atoms with Gasteiger partial charge in [-0.2, -0.15) is 0 Å². The van der Waals surface area contributed by atoms with Crippen LogP contribution in [0.25, 0.3) is 0 Å². The van der Waals surface area contributed by atoms with Crippen LogP contribution in [-0.4, -0.2) is 31.1 Å². The summed E-state index contributed by atoms with van der Waals surface area (Å²) in [6.07, 6.45) is 13.7. The van der Waals surface area contributed by atoms with Gasteiger partial charge in [0.15, 0.2) is 5.50 Å². The number of aliphatic carboxylic acids is 1. The van der Waals surface area contributed by atoms with E-state index in [4.69, 9.17) is 33.1 Å². The minimum Gasteiger partial charge on any atom is -0.550 e. The third-order valence-corrected chi connectivity index (χ3v) is 5.97. The van der Waals surface area contributed by atoms with E-state index in [1.54, 1.807) is 0 Å². The quantitative estimate of drug-likeness (QED) is 0.158. The second-order valence-corrected chi connectivity index (χ2v) is 8.85. The zero-order chi connectivity index (χ0) is 21.4. The molecule has 3 nitrogen and oxygen atoms in total. The smallest absolute Gasteiger partial charge is 0.191 e. The van der Waals surface area contributed by atoms with Gasteiger partial charge in [0.05, 0.1) is 25.7 Å². The third-order valence-electron chi connectivity index (χ3n) is 4.86. The van der Waals surface area contributed by atoms with Crippen molar-refractivity contribution >= 4 is 29.2 Å². The maximum Gasteiger partial charge on any atom is 0.191 e. The van der Waals surface area contributed by atoms with E-state index in [-0.39, 0.29) is 5.50 Å². The van der Waals surface area contributed by atoms with Crippen LogP contribution in [0.15, 0.2) is 24.3 Å². The second-order valence-electron chi connectivity index (χ2n) is 8.03. The van der Waals surface area contributed by atoms with E-state index in [1.165, 1.54) is 64.2 Å². The van der Waals surface area contributed by atoms with Crippen molar-refractivity contribution in [3.8, 4) is 0 Å². The zero-order valence-corrected chi connectivity index (χ0v) is 19.7. The number of benzene rings is 1. The number of rotatable bonds is 13. The van der Waals surface area contributed by atoms with Crippen LogP contribution in [0.1, 0.15) is 89.1 Å². The fourth-order valence-electron chi connectivity index (χ4n) is 3.16. The zero-order valence-electron chi connectivity index (χ0n) is 18.2. The Hall–Kier alpha value is -0.770. The Morgan fingerprint density at radius 1 is 0.964 bits per heavy atom. The molecule has 0 aliphatic heterocycles. The molecule has 0 aliphatic carbocycles. The SMILES string of the molecule is CC(=O)[O-].CCCCCCCCCCCC[N+](C)(C)C(Cl)c1ccccc1Cl. The summed E-state index contributed by atoms with van der Waals surface area (Å²) >= 11 is 13.0.